The van der Waals surface area contributed by atoms with Crippen LogP contribution in [-0.2, 0) is 22.6 Å². The number of anilines is 1. The lowest BCUT2D eigenvalue weighted by molar-refractivity contribution is -0.0197. The third-order valence-corrected chi connectivity index (χ3v) is 15.0. The molecular weight excluding hydrogens is 940 g/mol. The Kier molecular flexibility index (Phi) is 9.22. The molecular formula is C51H40F3N9O9. The summed E-state index contributed by atoms with van der Waals surface area (Å²) in [5, 5.41) is 14.8. The minimum absolute atomic E-state index is 0.0209. The molecule has 14 rings (SSSR count). The van der Waals surface area contributed by atoms with Crippen molar-refractivity contribution in [2.24, 2.45) is 0 Å². The molecule has 364 valence electrons. The van der Waals surface area contributed by atoms with Gasteiger partial charge in [-0.25, -0.2) is 13.2 Å². The number of hydrogen-bond donors (Lipinski definition) is 1. The number of halogens is 3. The van der Waals surface area contributed by atoms with Gasteiger partial charge in [0.1, 0.15) is 42.3 Å². The van der Waals surface area contributed by atoms with Gasteiger partial charge in [-0.3, -0.25) is 43.1 Å². The van der Waals surface area contributed by atoms with Crippen LogP contribution in [0.5, 0.6) is 23.3 Å². The lowest BCUT2D eigenvalue weighted by Crippen LogP contribution is -2.66. The van der Waals surface area contributed by atoms with Gasteiger partial charge in [-0.05, 0) is 34.9 Å². The summed E-state index contributed by atoms with van der Waals surface area (Å²) in [5.74, 6) is -4.46. The second-order valence-electron chi connectivity index (χ2n) is 18.6. The molecule has 0 radical (unpaired) electrons. The highest BCUT2D eigenvalue weighted by atomic mass is 19.2. The molecule has 21 heteroatoms. The predicted octanol–water partition coefficient (Wildman–Crippen LogP) is 4.43. The molecule has 4 atom stereocenters. The first-order valence-electron chi connectivity index (χ1n) is 23.5. The van der Waals surface area contributed by atoms with E-state index in [1.54, 1.807) is 26.5 Å². The van der Waals surface area contributed by atoms with Crippen LogP contribution in [0.25, 0.3) is 11.0 Å². The van der Waals surface area contributed by atoms with Crippen molar-refractivity contribution >= 4 is 28.5 Å². The number of aromatic hydroxyl groups is 1. The molecule has 10 heterocycles. The maximum Gasteiger partial charge on any atom is 0.303 e. The van der Waals surface area contributed by atoms with Crippen molar-refractivity contribution in [3.05, 3.63) is 174 Å². The molecule has 2 saturated heterocycles. The van der Waals surface area contributed by atoms with E-state index in [4.69, 9.17) is 23.9 Å². The van der Waals surface area contributed by atoms with Gasteiger partial charge in [0.2, 0.25) is 16.6 Å². The molecule has 0 spiro atoms. The summed E-state index contributed by atoms with van der Waals surface area (Å²) in [4.78, 5) is 66.4. The molecule has 0 unspecified atom stereocenters. The normalized spacial score (nSPS) is 21.6. The molecule has 72 heavy (non-hydrogen) atoms. The van der Waals surface area contributed by atoms with E-state index in [0.29, 0.717) is 46.8 Å². The molecule has 7 aromatic rings. The van der Waals surface area contributed by atoms with Gasteiger partial charge in [-0.2, -0.15) is 4.98 Å². The highest BCUT2D eigenvalue weighted by Gasteiger charge is 2.50. The molecule has 4 aromatic carbocycles. The fourth-order valence-electron chi connectivity index (χ4n) is 11.9. The number of para-hydroxylation sites is 1. The molecule has 7 aliphatic heterocycles. The van der Waals surface area contributed by atoms with Gasteiger partial charge in [-0.15, -0.1) is 0 Å². The number of carbonyl (C=O) groups excluding carboxylic acids is 2. The average molecular weight is 980 g/mol. The molecule has 7 aliphatic rings. The Morgan fingerprint density at radius 2 is 1.32 bits per heavy atom. The molecule has 2 amide bonds. The zero-order chi connectivity index (χ0) is 48.8. The molecule has 18 nitrogen and oxygen atoms in total. The Balaban J connectivity index is 0.970. The minimum atomic E-state index is -1.01. The Morgan fingerprint density at radius 1 is 0.653 bits per heavy atom. The zero-order valence-electron chi connectivity index (χ0n) is 37.9. The number of hydrogen-bond acceptors (Lipinski definition) is 13. The maximum absolute atomic E-state index is 16.5. The smallest absolute Gasteiger partial charge is 0.303 e. The molecule has 0 bridgehead atoms. The highest BCUT2D eigenvalue weighted by Crippen LogP contribution is 2.49. The first kappa shape index (κ1) is 42.6. The van der Waals surface area contributed by atoms with Crippen LogP contribution in [0.15, 0.2) is 101 Å². The van der Waals surface area contributed by atoms with E-state index in [0.717, 1.165) is 11.6 Å². The van der Waals surface area contributed by atoms with Crippen LogP contribution in [-0.4, -0.2) is 111 Å². The molecule has 3 aromatic heterocycles. The van der Waals surface area contributed by atoms with Crippen LogP contribution in [0.1, 0.15) is 66.4 Å². The number of carbonyl (C=O) groups is 2. The predicted molar refractivity (Wildman–Crippen MR) is 249 cm³/mol. The topological polar surface area (TPSA) is 169 Å². The average Bonchev–Trinajstić information content (AvgIpc) is 3.60. The van der Waals surface area contributed by atoms with E-state index in [-0.39, 0.29) is 86.6 Å². The molecule has 1 N–H and O–H groups in total. The van der Waals surface area contributed by atoms with Gasteiger partial charge in [0.05, 0.1) is 50.7 Å². The first-order valence-corrected chi connectivity index (χ1v) is 23.5. The van der Waals surface area contributed by atoms with E-state index in [1.807, 2.05) is 57.4 Å². The van der Waals surface area contributed by atoms with Gasteiger partial charge in [0.15, 0.2) is 34.6 Å². The molecule has 0 saturated carbocycles. The number of morpholine rings is 2. The van der Waals surface area contributed by atoms with Gasteiger partial charge >= 0.3 is 6.01 Å². The van der Waals surface area contributed by atoms with E-state index < -0.39 is 76.0 Å². The number of ether oxygens (including phenoxy) is 4. The van der Waals surface area contributed by atoms with Gasteiger partial charge in [0, 0.05) is 60.9 Å². The number of rotatable bonds is 4. The van der Waals surface area contributed by atoms with Crippen LogP contribution in [0.4, 0.5) is 18.9 Å². The second kappa shape index (κ2) is 15.6. The third-order valence-electron chi connectivity index (χ3n) is 15.0. The van der Waals surface area contributed by atoms with Gasteiger partial charge in [-0.1, -0.05) is 48.5 Å². The third kappa shape index (κ3) is 5.88. The summed E-state index contributed by atoms with van der Waals surface area (Å²) < 4.78 is 77.5. The van der Waals surface area contributed by atoms with Crippen molar-refractivity contribution in [2.75, 3.05) is 67.6 Å². The Bertz CT molecular complexity index is 3660. The summed E-state index contributed by atoms with van der Waals surface area (Å²) in [5.41, 5.74) is 2.10. The largest absolute Gasteiger partial charge is 0.502 e. The quantitative estimate of drug-likeness (QED) is 0.263. The van der Waals surface area contributed by atoms with Crippen LogP contribution in [0.2, 0.25) is 0 Å². The van der Waals surface area contributed by atoms with Crippen LogP contribution in [0.3, 0.4) is 0 Å². The molecule has 2 fully saturated rings. The maximum atomic E-state index is 16.5. The summed E-state index contributed by atoms with van der Waals surface area (Å²) in [6.07, 6.45) is 1.29. The molecule has 0 aliphatic carbocycles. The van der Waals surface area contributed by atoms with Crippen molar-refractivity contribution in [1.29, 1.82) is 0 Å². The van der Waals surface area contributed by atoms with Crippen LogP contribution < -0.4 is 35.2 Å². The van der Waals surface area contributed by atoms with Crippen molar-refractivity contribution in [2.45, 2.75) is 37.5 Å². The fraction of sp³-hybridized carbons (Fsp3) is 0.275. The van der Waals surface area contributed by atoms with Crippen molar-refractivity contribution in [3.63, 3.8) is 0 Å². The Hall–Kier alpha value is -8.30. The summed E-state index contributed by atoms with van der Waals surface area (Å²) >= 11 is 0. The number of aromatic nitrogens is 4. The van der Waals surface area contributed by atoms with Crippen molar-refractivity contribution in [3.8, 4) is 23.3 Å². The zero-order valence-corrected chi connectivity index (χ0v) is 37.9. The van der Waals surface area contributed by atoms with E-state index >= 15 is 18.0 Å². The van der Waals surface area contributed by atoms with E-state index in [2.05, 4.69) is 0 Å². The van der Waals surface area contributed by atoms with Gasteiger partial charge in [0.25, 0.3) is 11.8 Å². The standard InChI is InChI=1S/C51H40F3N9O9/c52-32-10-8-28-31(39(32)54)23-56-16-21-71-36-7-3-6-29(43(36)56)42(28)63-38-25-70-20-18-58(38)50(68)46-48(35(65)13-15-61(46)63)72-51-55-40-33(53)11-9-30-41(27-5-2-1-4-26(27)22-59(51)44(30)40)62-37-24-69-19-17-57(37)49(67)45-47(66)34(64)12-14-60(45)62/h1-15,37-38,41-42,66H,16-25H2/t37-,38-,41-,42+/m1/s1. The summed E-state index contributed by atoms with van der Waals surface area (Å²) in [6.45, 7) is 1.49. The Morgan fingerprint density at radius 3 is 2.10 bits per heavy atom. The SMILES string of the molecule is O=C1c2c(Oc3nc4c(F)ccc5c4n3Cc3ccccc3[C@H]5N3[C@@H]4COCCN4C(=O)c4c(O)c(=O)ccn43)c(=O)ccn2N([C@H]2c3ccc(F)c(F)c3CN3CCOc4cccc2c43)[C@@H]2COCCN12. The number of fused-ring (bicyclic) bond motifs is 6. The first-order chi connectivity index (χ1) is 35.1. The highest BCUT2D eigenvalue weighted by molar-refractivity contribution is 5.98. The van der Waals surface area contributed by atoms with E-state index in [1.165, 1.54) is 39.9 Å². The summed E-state index contributed by atoms with van der Waals surface area (Å²) in [6, 6.07) is 18.9. The van der Waals surface area contributed by atoms with Crippen molar-refractivity contribution in [1.82, 2.24) is 28.7 Å². The van der Waals surface area contributed by atoms with Crippen molar-refractivity contribution < 1.29 is 46.8 Å². The van der Waals surface area contributed by atoms with Gasteiger partial charge < -0.3 is 38.8 Å². The number of amides is 2. The lowest BCUT2D eigenvalue weighted by Gasteiger charge is -2.51. The lowest BCUT2D eigenvalue weighted by atomic mass is 9.92. The number of imidazole rings is 1. The fourth-order valence-corrected chi connectivity index (χ4v) is 11.9. The number of pyridine rings is 2. The Labute approximate surface area is 405 Å². The second-order valence-corrected chi connectivity index (χ2v) is 18.6. The van der Waals surface area contributed by atoms with E-state index in [9.17, 15) is 19.5 Å². The number of nitrogens with zero attached hydrogens (tertiary/aromatic N) is 9. The minimum Gasteiger partial charge on any atom is -0.502 e. The number of benzene rings is 4. The van der Waals surface area contributed by atoms with Crippen LogP contribution in [0, 0.1) is 17.5 Å². The summed E-state index contributed by atoms with van der Waals surface area (Å²) in [7, 11) is 0. The van der Waals surface area contributed by atoms with Crippen LogP contribution >= 0.6 is 0 Å². The monoisotopic (exact) mass is 979 g/mol.